The van der Waals surface area contributed by atoms with E-state index < -0.39 is 9.84 Å². The number of nitrogens with zero attached hydrogens (tertiary/aromatic N) is 3. The van der Waals surface area contributed by atoms with E-state index in [0.717, 1.165) is 0 Å². The van der Waals surface area contributed by atoms with Crippen molar-refractivity contribution in [1.82, 2.24) is 15.1 Å². The lowest BCUT2D eigenvalue weighted by Gasteiger charge is -1.98. The molecule has 0 saturated heterocycles. The quantitative estimate of drug-likeness (QED) is 0.785. The Morgan fingerprint density at radius 2 is 2.19 bits per heavy atom. The van der Waals surface area contributed by atoms with Gasteiger partial charge in [-0.1, -0.05) is 11.2 Å². The van der Waals surface area contributed by atoms with Crippen LogP contribution in [0.4, 0.5) is 0 Å². The van der Waals surface area contributed by atoms with E-state index >= 15 is 0 Å². The molecule has 0 fully saturated rings. The molecular formula is C9H9N3O3S. The lowest BCUT2D eigenvalue weighted by atomic mass is 10.5. The van der Waals surface area contributed by atoms with Gasteiger partial charge in [0, 0.05) is 6.20 Å². The molecule has 0 atom stereocenters. The second kappa shape index (κ2) is 4.01. The molecule has 0 aliphatic heterocycles. The summed E-state index contributed by atoms with van der Waals surface area (Å²) >= 11 is 0. The third-order valence-corrected chi connectivity index (χ3v) is 3.35. The minimum atomic E-state index is -3.51. The highest BCUT2D eigenvalue weighted by Crippen LogP contribution is 2.12. The van der Waals surface area contributed by atoms with Gasteiger partial charge in [0.25, 0.3) is 0 Å². The van der Waals surface area contributed by atoms with Crippen molar-refractivity contribution in [1.29, 1.82) is 0 Å². The van der Waals surface area contributed by atoms with Crippen molar-refractivity contribution in [3.8, 4) is 0 Å². The smallest absolute Gasteiger partial charge is 0.242 e. The lowest BCUT2D eigenvalue weighted by Crippen LogP contribution is -2.06. The predicted octanol–water partition coefficient (Wildman–Crippen LogP) is 0.747. The van der Waals surface area contributed by atoms with Crippen molar-refractivity contribution >= 4 is 9.84 Å². The highest BCUT2D eigenvalue weighted by atomic mass is 32.2. The maximum absolute atomic E-state index is 11.8. The van der Waals surface area contributed by atoms with Gasteiger partial charge < -0.3 is 4.52 Å². The van der Waals surface area contributed by atoms with Crippen LogP contribution in [-0.4, -0.2) is 23.5 Å². The number of pyridine rings is 1. The van der Waals surface area contributed by atoms with Crippen LogP contribution < -0.4 is 0 Å². The van der Waals surface area contributed by atoms with E-state index in [9.17, 15) is 8.42 Å². The van der Waals surface area contributed by atoms with Gasteiger partial charge in [-0.3, -0.25) is 0 Å². The van der Waals surface area contributed by atoms with Crippen LogP contribution in [0, 0.1) is 6.92 Å². The summed E-state index contributed by atoms with van der Waals surface area (Å²) in [5.74, 6) is 0.152. The second-order valence-corrected chi connectivity index (χ2v) is 5.10. The first-order chi connectivity index (χ1) is 7.58. The topological polar surface area (TPSA) is 86.0 Å². The summed E-state index contributed by atoms with van der Waals surface area (Å²) in [5, 5.41) is 3.53. The minimum absolute atomic E-state index is 0.00542. The molecule has 0 spiro atoms. The Balaban J connectivity index is 2.28. The summed E-state index contributed by atoms with van der Waals surface area (Å²) in [6, 6.07) is 4.69. The maximum atomic E-state index is 11.8. The molecule has 84 valence electrons. The highest BCUT2D eigenvalue weighted by molar-refractivity contribution is 7.90. The summed E-state index contributed by atoms with van der Waals surface area (Å²) in [5.41, 5.74) is 0. The molecule has 0 amide bonds. The number of hydrogen-bond acceptors (Lipinski definition) is 6. The molecule has 0 aliphatic rings. The molecule has 0 N–H and O–H groups in total. The van der Waals surface area contributed by atoms with Crippen molar-refractivity contribution in [2.75, 3.05) is 0 Å². The lowest BCUT2D eigenvalue weighted by molar-refractivity contribution is 0.384. The number of rotatable bonds is 3. The average molecular weight is 239 g/mol. The van der Waals surface area contributed by atoms with Gasteiger partial charge in [0.2, 0.25) is 15.7 Å². The summed E-state index contributed by atoms with van der Waals surface area (Å²) in [6.45, 7) is 1.63. The van der Waals surface area contributed by atoms with Gasteiger partial charge in [-0.2, -0.15) is 4.98 Å². The van der Waals surface area contributed by atoms with Crippen LogP contribution >= 0.6 is 0 Å². The predicted molar refractivity (Wildman–Crippen MR) is 54.2 cm³/mol. The summed E-state index contributed by atoms with van der Waals surface area (Å²) in [7, 11) is -3.51. The Morgan fingerprint density at radius 1 is 1.38 bits per heavy atom. The third-order valence-electron chi connectivity index (χ3n) is 1.84. The van der Waals surface area contributed by atoms with Crippen molar-refractivity contribution < 1.29 is 12.9 Å². The molecule has 2 aromatic rings. The van der Waals surface area contributed by atoms with Crippen LogP contribution in [0.2, 0.25) is 0 Å². The molecule has 0 unspecified atom stereocenters. The van der Waals surface area contributed by atoms with Gasteiger partial charge in [-0.05, 0) is 19.1 Å². The Bertz CT molecular complexity index is 577. The monoisotopic (exact) mass is 239 g/mol. The van der Waals surface area contributed by atoms with Crippen LogP contribution in [0.3, 0.4) is 0 Å². The highest BCUT2D eigenvalue weighted by Gasteiger charge is 2.20. The fourth-order valence-corrected chi connectivity index (χ4v) is 2.26. The second-order valence-electron chi connectivity index (χ2n) is 3.16. The van der Waals surface area contributed by atoms with Gasteiger partial charge >= 0.3 is 0 Å². The molecule has 0 bridgehead atoms. The van der Waals surface area contributed by atoms with Crippen LogP contribution in [-0.2, 0) is 15.6 Å². The van der Waals surface area contributed by atoms with E-state index in [1.165, 1.54) is 12.3 Å². The summed E-state index contributed by atoms with van der Waals surface area (Å²) in [4.78, 5) is 7.61. The fourth-order valence-electron chi connectivity index (χ4n) is 1.17. The van der Waals surface area contributed by atoms with Gasteiger partial charge in [-0.25, -0.2) is 13.4 Å². The van der Waals surface area contributed by atoms with Gasteiger partial charge in [0.1, 0.15) is 5.75 Å². The van der Waals surface area contributed by atoms with Crippen molar-refractivity contribution in [3.63, 3.8) is 0 Å². The van der Waals surface area contributed by atoms with E-state index in [1.807, 2.05) is 0 Å². The van der Waals surface area contributed by atoms with Crippen LogP contribution in [0.5, 0.6) is 0 Å². The van der Waals surface area contributed by atoms with E-state index in [4.69, 9.17) is 4.52 Å². The zero-order chi connectivity index (χ0) is 11.6. The Morgan fingerprint density at radius 3 is 2.75 bits per heavy atom. The zero-order valence-corrected chi connectivity index (χ0v) is 9.31. The average Bonchev–Trinajstić information content (AvgIpc) is 2.64. The first kappa shape index (κ1) is 10.7. The molecule has 6 nitrogen and oxygen atoms in total. The maximum Gasteiger partial charge on any atom is 0.242 e. The molecule has 2 aromatic heterocycles. The normalized spacial score (nSPS) is 11.6. The van der Waals surface area contributed by atoms with Crippen LogP contribution in [0.25, 0.3) is 0 Å². The minimum Gasteiger partial charge on any atom is -0.338 e. The van der Waals surface area contributed by atoms with Crippen molar-refractivity contribution in [3.05, 3.63) is 36.1 Å². The molecular weight excluding hydrogens is 230 g/mol. The Kier molecular flexibility index (Phi) is 2.69. The first-order valence-electron chi connectivity index (χ1n) is 4.51. The Hall–Kier alpha value is -1.76. The zero-order valence-electron chi connectivity index (χ0n) is 8.49. The summed E-state index contributed by atoms with van der Waals surface area (Å²) in [6.07, 6.45) is 1.42. The molecule has 0 aromatic carbocycles. The van der Waals surface area contributed by atoms with Crippen molar-refractivity contribution in [2.45, 2.75) is 17.7 Å². The molecule has 0 radical (unpaired) electrons. The van der Waals surface area contributed by atoms with Gasteiger partial charge in [-0.15, -0.1) is 0 Å². The number of aromatic nitrogens is 3. The van der Waals surface area contributed by atoms with Crippen LogP contribution in [0.15, 0.2) is 33.9 Å². The van der Waals surface area contributed by atoms with Gasteiger partial charge in [0.05, 0.1) is 0 Å². The Labute approximate surface area is 92.2 Å². The van der Waals surface area contributed by atoms with E-state index in [0.29, 0.717) is 5.82 Å². The van der Waals surface area contributed by atoms with Crippen molar-refractivity contribution in [2.24, 2.45) is 0 Å². The number of aryl methyl sites for hydroxylation is 1. The molecule has 7 heteroatoms. The SMILES string of the molecule is Cc1noc(CS(=O)(=O)c2ccccn2)n1. The molecule has 0 saturated carbocycles. The number of sulfone groups is 1. The van der Waals surface area contributed by atoms with E-state index in [1.54, 1.807) is 19.1 Å². The third kappa shape index (κ3) is 2.25. The molecule has 16 heavy (non-hydrogen) atoms. The van der Waals surface area contributed by atoms with E-state index in [-0.39, 0.29) is 16.7 Å². The molecule has 2 rings (SSSR count). The standard InChI is InChI=1S/C9H9N3O3S/c1-7-11-8(15-12-7)6-16(13,14)9-4-2-3-5-10-9/h2-5H,6H2,1H3. The largest absolute Gasteiger partial charge is 0.338 e. The van der Waals surface area contributed by atoms with Gasteiger partial charge in [0.15, 0.2) is 10.9 Å². The molecule has 0 aliphatic carbocycles. The van der Waals surface area contributed by atoms with Crippen LogP contribution in [0.1, 0.15) is 11.7 Å². The molecule has 2 heterocycles. The first-order valence-corrected chi connectivity index (χ1v) is 6.16. The van der Waals surface area contributed by atoms with E-state index in [2.05, 4.69) is 15.1 Å². The number of hydrogen-bond donors (Lipinski definition) is 0. The fraction of sp³-hybridized carbons (Fsp3) is 0.222. The summed E-state index contributed by atoms with van der Waals surface area (Å²) < 4.78 is 28.4.